The van der Waals surface area contributed by atoms with E-state index in [9.17, 15) is 4.79 Å². The first kappa shape index (κ1) is 12.4. The van der Waals surface area contributed by atoms with Crippen molar-refractivity contribution in [2.45, 2.75) is 12.8 Å². The molecule has 0 unspecified atom stereocenters. The van der Waals surface area contributed by atoms with Crippen molar-refractivity contribution in [1.29, 1.82) is 0 Å². The van der Waals surface area contributed by atoms with Gasteiger partial charge in [0.05, 0.1) is 6.61 Å². The minimum Gasteiger partial charge on any atom is -0.494 e. The van der Waals surface area contributed by atoms with E-state index in [-0.39, 0.29) is 0 Å². The molecule has 0 spiro atoms. The molecule has 91 valence electrons. The highest BCUT2D eigenvalue weighted by atomic mass is 16.5. The topological polar surface area (TPSA) is 26.3 Å². The zero-order valence-electron chi connectivity index (χ0n) is 10.1. The molecule has 2 heteroatoms. The number of carbonyl (C=O) groups excluding carboxylic acids is 1. The molecule has 2 aromatic carbocycles. The predicted octanol–water partition coefficient (Wildman–Crippen LogP) is 3.62. The largest absolute Gasteiger partial charge is 0.494 e. The predicted molar refractivity (Wildman–Crippen MR) is 72.3 cm³/mol. The smallest absolute Gasteiger partial charge is 0.198 e. The lowest BCUT2D eigenvalue weighted by molar-refractivity contribution is 0.313. The Morgan fingerprint density at radius 1 is 0.889 bits per heavy atom. The lowest BCUT2D eigenvalue weighted by Crippen LogP contribution is -1.97. The molecule has 2 nitrogen and oxygen atoms in total. The summed E-state index contributed by atoms with van der Waals surface area (Å²) in [6, 6.07) is 18.2. The summed E-state index contributed by atoms with van der Waals surface area (Å²) in [5, 5.41) is 0. The number of benzene rings is 2. The second kappa shape index (κ2) is 6.60. The van der Waals surface area contributed by atoms with Gasteiger partial charge in [0.2, 0.25) is 0 Å². The van der Waals surface area contributed by atoms with Gasteiger partial charge in [-0.05, 0) is 29.7 Å². The Balaban J connectivity index is 1.95. The molecule has 0 amide bonds. The van der Waals surface area contributed by atoms with Crippen LogP contribution >= 0.6 is 0 Å². The van der Waals surface area contributed by atoms with Crippen LogP contribution in [-0.2, 0) is 4.79 Å². The zero-order chi connectivity index (χ0) is 12.6. The van der Waals surface area contributed by atoms with Crippen molar-refractivity contribution in [1.82, 2.24) is 0 Å². The van der Waals surface area contributed by atoms with Gasteiger partial charge in [-0.2, -0.15) is 0 Å². The number of ether oxygens (including phenoxy) is 1. The second-order valence-corrected chi connectivity index (χ2v) is 3.99. The van der Waals surface area contributed by atoms with E-state index in [1.54, 1.807) is 0 Å². The maximum Gasteiger partial charge on any atom is 0.198 e. The zero-order valence-corrected chi connectivity index (χ0v) is 10.1. The van der Waals surface area contributed by atoms with Gasteiger partial charge >= 0.3 is 0 Å². The lowest BCUT2D eigenvalue weighted by atomic mass is 10.1. The van der Waals surface area contributed by atoms with Gasteiger partial charge in [-0.3, -0.25) is 4.79 Å². The van der Waals surface area contributed by atoms with Crippen LogP contribution in [0, 0.1) is 0 Å². The Bertz CT molecular complexity index is 474. The Labute approximate surface area is 107 Å². The van der Waals surface area contributed by atoms with Crippen molar-refractivity contribution in [2.24, 2.45) is 0 Å². The molecular weight excluding hydrogens is 224 g/mol. The highest BCUT2D eigenvalue weighted by Gasteiger charge is 1.98. The van der Waals surface area contributed by atoms with Crippen LogP contribution < -0.4 is 4.74 Å². The minimum atomic E-state index is 0.433. The second-order valence-electron chi connectivity index (χ2n) is 3.99. The van der Waals surface area contributed by atoms with Gasteiger partial charge in [0.25, 0.3) is 0 Å². The van der Waals surface area contributed by atoms with E-state index >= 15 is 0 Å². The maximum absolute atomic E-state index is 10.0. The first-order chi connectivity index (χ1) is 8.90. The highest BCUT2D eigenvalue weighted by Crippen LogP contribution is 2.22. The molecule has 1 radical (unpaired) electrons. The van der Waals surface area contributed by atoms with Crippen molar-refractivity contribution in [2.75, 3.05) is 6.61 Å². The van der Waals surface area contributed by atoms with Gasteiger partial charge in [0.15, 0.2) is 6.29 Å². The van der Waals surface area contributed by atoms with Crippen molar-refractivity contribution < 1.29 is 9.53 Å². The minimum absolute atomic E-state index is 0.433. The third-order valence-corrected chi connectivity index (χ3v) is 2.65. The fourth-order valence-corrected chi connectivity index (χ4v) is 1.71. The SMILES string of the molecule is O=[C]CCCOc1ccc(-c2ccccc2)cc1. The number of rotatable bonds is 6. The van der Waals surface area contributed by atoms with Crippen LogP contribution in [0.15, 0.2) is 54.6 Å². The summed E-state index contributed by atoms with van der Waals surface area (Å²) in [6.45, 7) is 0.555. The fourth-order valence-electron chi connectivity index (χ4n) is 1.71. The van der Waals surface area contributed by atoms with E-state index < -0.39 is 0 Å². The third kappa shape index (κ3) is 3.45. The van der Waals surface area contributed by atoms with Crippen LogP contribution in [0.25, 0.3) is 11.1 Å². The summed E-state index contributed by atoms with van der Waals surface area (Å²) in [4.78, 5) is 10.0. The summed E-state index contributed by atoms with van der Waals surface area (Å²) in [5.74, 6) is 0.834. The fraction of sp³-hybridized carbons (Fsp3) is 0.188. The normalized spacial score (nSPS) is 10.0. The van der Waals surface area contributed by atoms with Crippen LogP contribution in [0.2, 0.25) is 0 Å². The summed E-state index contributed by atoms with van der Waals surface area (Å²) in [7, 11) is 0. The molecule has 0 aliphatic heterocycles. The molecule has 0 saturated heterocycles. The van der Waals surface area contributed by atoms with Gasteiger partial charge in [0, 0.05) is 6.42 Å². The molecule has 0 heterocycles. The Kier molecular flexibility index (Phi) is 4.53. The summed E-state index contributed by atoms with van der Waals surface area (Å²) >= 11 is 0. The molecule has 0 aromatic heterocycles. The molecule has 0 bridgehead atoms. The number of hydrogen-bond acceptors (Lipinski definition) is 2. The molecule has 0 saturated carbocycles. The van der Waals surface area contributed by atoms with Gasteiger partial charge in [-0.1, -0.05) is 42.5 Å². The summed E-state index contributed by atoms with van der Waals surface area (Å²) < 4.78 is 5.52. The van der Waals surface area contributed by atoms with E-state index in [0.717, 1.165) is 5.75 Å². The van der Waals surface area contributed by atoms with Crippen molar-refractivity contribution in [3.63, 3.8) is 0 Å². The van der Waals surface area contributed by atoms with Crippen LogP contribution in [0.4, 0.5) is 0 Å². The average molecular weight is 239 g/mol. The highest BCUT2D eigenvalue weighted by molar-refractivity contribution is 5.63. The first-order valence-electron chi connectivity index (χ1n) is 6.03. The number of unbranched alkanes of at least 4 members (excludes halogenated alkanes) is 1. The molecule has 0 N–H and O–H groups in total. The molecule has 0 aliphatic rings. The molecule has 18 heavy (non-hydrogen) atoms. The van der Waals surface area contributed by atoms with Crippen molar-refractivity contribution >= 4 is 6.29 Å². The third-order valence-electron chi connectivity index (χ3n) is 2.65. The molecule has 2 rings (SSSR count). The van der Waals surface area contributed by atoms with E-state index in [2.05, 4.69) is 12.1 Å². The molecular formula is C16H15O2. The molecule has 0 atom stereocenters. The average Bonchev–Trinajstić information content (AvgIpc) is 2.45. The molecule has 0 fully saturated rings. The monoisotopic (exact) mass is 239 g/mol. The van der Waals surface area contributed by atoms with Gasteiger partial charge in [-0.25, -0.2) is 0 Å². The first-order valence-corrected chi connectivity index (χ1v) is 6.03. The van der Waals surface area contributed by atoms with Crippen LogP contribution in [0.1, 0.15) is 12.8 Å². The van der Waals surface area contributed by atoms with Crippen molar-refractivity contribution in [3.8, 4) is 16.9 Å². The van der Waals surface area contributed by atoms with E-state index in [1.165, 1.54) is 11.1 Å². The standard InChI is InChI=1S/C16H15O2/c17-12-4-5-13-18-16-10-8-15(9-11-16)14-6-2-1-3-7-14/h1-3,6-11H,4-5,13H2. The van der Waals surface area contributed by atoms with E-state index in [4.69, 9.17) is 4.74 Å². The molecule has 2 aromatic rings. The Hall–Kier alpha value is -2.09. The van der Waals surface area contributed by atoms with Gasteiger partial charge < -0.3 is 4.74 Å². The Morgan fingerprint density at radius 2 is 1.56 bits per heavy atom. The van der Waals surface area contributed by atoms with Crippen molar-refractivity contribution in [3.05, 3.63) is 54.6 Å². The van der Waals surface area contributed by atoms with Gasteiger partial charge in [0.1, 0.15) is 5.75 Å². The van der Waals surface area contributed by atoms with Crippen LogP contribution in [0.5, 0.6) is 5.75 Å². The quantitative estimate of drug-likeness (QED) is 0.720. The number of hydrogen-bond donors (Lipinski definition) is 0. The van der Waals surface area contributed by atoms with E-state index in [0.29, 0.717) is 19.4 Å². The van der Waals surface area contributed by atoms with Crippen LogP contribution in [-0.4, -0.2) is 12.9 Å². The summed E-state index contributed by atoms with van der Waals surface area (Å²) in [6.07, 6.45) is 3.00. The lowest BCUT2D eigenvalue weighted by Gasteiger charge is -2.06. The van der Waals surface area contributed by atoms with Crippen LogP contribution in [0.3, 0.4) is 0 Å². The Morgan fingerprint density at radius 3 is 2.22 bits per heavy atom. The summed E-state index contributed by atoms with van der Waals surface area (Å²) in [5.41, 5.74) is 2.36. The van der Waals surface area contributed by atoms with Gasteiger partial charge in [-0.15, -0.1) is 0 Å². The van der Waals surface area contributed by atoms with E-state index in [1.807, 2.05) is 48.8 Å². The molecule has 0 aliphatic carbocycles. The maximum atomic E-state index is 10.0.